The third-order valence-electron chi connectivity index (χ3n) is 3.27. The summed E-state index contributed by atoms with van der Waals surface area (Å²) in [4.78, 5) is 3.97. The van der Waals surface area contributed by atoms with E-state index in [1.165, 1.54) is 18.3 Å². The summed E-state index contributed by atoms with van der Waals surface area (Å²) in [7, 11) is -3.95. The molecule has 0 bridgehead atoms. The molecule has 0 atom stereocenters. The maximum absolute atomic E-state index is 13.2. The molecule has 130 valence electrons. The highest BCUT2D eigenvalue weighted by Gasteiger charge is 2.16. The van der Waals surface area contributed by atoms with Crippen molar-refractivity contribution >= 4 is 32.9 Å². The van der Waals surface area contributed by atoms with Gasteiger partial charge < -0.3 is 5.32 Å². The molecule has 0 aliphatic carbocycles. The zero-order valence-corrected chi connectivity index (χ0v) is 14.4. The molecular formula is C16H13F2N3O2S2. The first kappa shape index (κ1) is 17.3. The van der Waals surface area contributed by atoms with Crippen LogP contribution in [0.4, 0.5) is 20.3 Å². The Bertz CT molecular complexity index is 960. The quantitative estimate of drug-likeness (QED) is 0.681. The molecule has 3 rings (SSSR count). The van der Waals surface area contributed by atoms with Crippen LogP contribution in [0.5, 0.6) is 0 Å². The van der Waals surface area contributed by atoms with Gasteiger partial charge in [0.15, 0.2) is 11.6 Å². The van der Waals surface area contributed by atoms with Crippen LogP contribution in [0.2, 0.25) is 0 Å². The summed E-state index contributed by atoms with van der Waals surface area (Å²) in [6.45, 7) is 0.579. The Labute approximate surface area is 147 Å². The molecule has 0 amide bonds. The Morgan fingerprint density at radius 1 is 1.08 bits per heavy atom. The van der Waals surface area contributed by atoms with Crippen LogP contribution in [-0.2, 0) is 16.6 Å². The molecule has 5 nitrogen and oxygen atoms in total. The van der Waals surface area contributed by atoms with Gasteiger partial charge in [0.2, 0.25) is 0 Å². The van der Waals surface area contributed by atoms with Crippen molar-refractivity contribution in [3.63, 3.8) is 0 Å². The molecule has 3 aromatic rings. The summed E-state index contributed by atoms with van der Waals surface area (Å²) in [5.74, 6) is -1.66. The average molecular weight is 381 g/mol. The minimum atomic E-state index is -3.95. The molecular weight excluding hydrogens is 368 g/mol. The summed E-state index contributed by atoms with van der Waals surface area (Å²) >= 11 is 1.59. The minimum absolute atomic E-state index is 0.0708. The second-order valence-electron chi connectivity index (χ2n) is 5.10. The second kappa shape index (κ2) is 7.16. The van der Waals surface area contributed by atoms with Gasteiger partial charge in [-0.15, -0.1) is 0 Å². The highest BCUT2D eigenvalue weighted by atomic mass is 32.2. The van der Waals surface area contributed by atoms with Gasteiger partial charge >= 0.3 is 0 Å². The molecule has 0 saturated carbocycles. The molecule has 2 aromatic heterocycles. The molecule has 1 aromatic carbocycles. The highest BCUT2D eigenvalue weighted by molar-refractivity contribution is 7.92. The lowest BCUT2D eigenvalue weighted by atomic mass is 10.3. The first-order chi connectivity index (χ1) is 11.9. The van der Waals surface area contributed by atoms with Crippen molar-refractivity contribution in [3.05, 3.63) is 70.6 Å². The summed E-state index contributed by atoms with van der Waals surface area (Å²) < 4.78 is 52.8. The molecule has 2 heterocycles. The standard InChI is InChI=1S/C16H13F2N3O2S2/c17-14-3-1-12(7-15(14)18)21-25(22,23)13-2-4-16(20-9-13)19-8-11-5-6-24-10-11/h1-7,9-10,21H,8H2,(H,19,20). The van der Waals surface area contributed by atoms with E-state index in [-0.39, 0.29) is 10.6 Å². The van der Waals surface area contributed by atoms with Crippen molar-refractivity contribution < 1.29 is 17.2 Å². The smallest absolute Gasteiger partial charge is 0.263 e. The van der Waals surface area contributed by atoms with Gasteiger partial charge in [-0.3, -0.25) is 4.72 Å². The minimum Gasteiger partial charge on any atom is -0.366 e. The summed E-state index contributed by atoms with van der Waals surface area (Å²) in [6.07, 6.45) is 1.19. The van der Waals surface area contributed by atoms with Gasteiger partial charge in [0.1, 0.15) is 10.7 Å². The number of aromatic nitrogens is 1. The number of pyridine rings is 1. The van der Waals surface area contributed by atoms with Crippen LogP contribution in [0.3, 0.4) is 0 Å². The third kappa shape index (κ3) is 4.31. The fraction of sp³-hybridized carbons (Fsp3) is 0.0625. The maximum atomic E-state index is 13.2. The number of hydrogen-bond acceptors (Lipinski definition) is 5. The monoisotopic (exact) mass is 381 g/mol. The van der Waals surface area contributed by atoms with Crippen LogP contribution < -0.4 is 10.0 Å². The van der Waals surface area contributed by atoms with E-state index in [1.807, 2.05) is 16.8 Å². The van der Waals surface area contributed by atoms with Gasteiger partial charge in [0, 0.05) is 18.8 Å². The van der Waals surface area contributed by atoms with Gasteiger partial charge in [-0.2, -0.15) is 11.3 Å². The average Bonchev–Trinajstić information content (AvgIpc) is 3.10. The Balaban J connectivity index is 1.70. The van der Waals surface area contributed by atoms with Crippen molar-refractivity contribution in [1.82, 2.24) is 4.98 Å². The molecule has 2 N–H and O–H groups in total. The maximum Gasteiger partial charge on any atom is 0.263 e. The van der Waals surface area contributed by atoms with Gasteiger partial charge in [0.25, 0.3) is 10.0 Å². The summed E-state index contributed by atoms with van der Waals surface area (Å²) in [6, 6.07) is 7.65. The molecule has 0 aliphatic rings. The van der Waals surface area contributed by atoms with Gasteiger partial charge in [0.05, 0.1) is 5.69 Å². The molecule has 0 aliphatic heterocycles. The van der Waals surface area contributed by atoms with E-state index in [4.69, 9.17) is 0 Å². The summed E-state index contributed by atoms with van der Waals surface area (Å²) in [5, 5.41) is 7.04. The molecule has 25 heavy (non-hydrogen) atoms. The predicted octanol–water partition coefficient (Wildman–Crippen LogP) is 3.83. The third-order valence-corrected chi connectivity index (χ3v) is 5.37. The lowest BCUT2D eigenvalue weighted by Gasteiger charge is -2.09. The SMILES string of the molecule is O=S(=O)(Nc1ccc(F)c(F)c1)c1ccc(NCc2ccsc2)nc1. The molecule has 0 radical (unpaired) electrons. The number of anilines is 2. The van der Waals surface area contributed by atoms with Crippen LogP contribution in [0.1, 0.15) is 5.56 Å². The molecule has 0 fully saturated rings. The topological polar surface area (TPSA) is 71.1 Å². The van der Waals surface area contributed by atoms with Crippen LogP contribution in [0.25, 0.3) is 0 Å². The number of benzene rings is 1. The zero-order chi connectivity index (χ0) is 17.9. The van der Waals surface area contributed by atoms with Crippen LogP contribution in [0.15, 0.2) is 58.3 Å². The van der Waals surface area contributed by atoms with Gasteiger partial charge in [-0.25, -0.2) is 22.2 Å². The molecule has 0 spiro atoms. The number of hydrogen-bond donors (Lipinski definition) is 2. The van der Waals surface area contributed by atoms with E-state index in [0.717, 1.165) is 23.8 Å². The lowest BCUT2D eigenvalue weighted by Crippen LogP contribution is -2.13. The highest BCUT2D eigenvalue weighted by Crippen LogP contribution is 2.19. The van der Waals surface area contributed by atoms with Gasteiger partial charge in [-0.05, 0) is 46.7 Å². The Morgan fingerprint density at radius 3 is 2.56 bits per heavy atom. The van der Waals surface area contributed by atoms with Crippen molar-refractivity contribution in [2.45, 2.75) is 11.4 Å². The fourth-order valence-electron chi connectivity index (χ4n) is 2.00. The van der Waals surface area contributed by atoms with Crippen molar-refractivity contribution in [2.24, 2.45) is 0 Å². The summed E-state index contributed by atoms with van der Waals surface area (Å²) in [5.41, 5.74) is 1.03. The first-order valence-electron chi connectivity index (χ1n) is 7.13. The number of nitrogens with one attached hydrogen (secondary N) is 2. The molecule has 0 unspecified atom stereocenters. The van der Waals surface area contributed by atoms with E-state index in [0.29, 0.717) is 12.4 Å². The first-order valence-corrected chi connectivity index (χ1v) is 9.55. The lowest BCUT2D eigenvalue weighted by molar-refractivity contribution is 0.509. The predicted molar refractivity (Wildman–Crippen MR) is 93.0 cm³/mol. The number of sulfonamides is 1. The number of halogens is 2. The van der Waals surface area contributed by atoms with E-state index < -0.39 is 21.7 Å². The van der Waals surface area contributed by atoms with Crippen LogP contribution >= 0.6 is 11.3 Å². The number of nitrogens with zero attached hydrogens (tertiary/aromatic N) is 1. The Morgan fingerprint density at radius 2 is 1.92 bits per heavy atom. The van der Waals surface area contributed by atoms with Crippen molar-refractivity contribution in [1.29, 1.82) is 0 Å². The zero-order valence-electron chi connectivity index (χ0n) is 12.7. The Hall–Kier alpha value is -2.52. The van der Waals surface area contributed by atoms with Gasteiger partial charge in [-0.1, -0.05) is 0 Å². The van der Waals surface area contributed by atoms with Crippen LogP contribution in [-0.4, -0.2) is 13.4 Å². The second-order valence-corrected chi connectivity index (χ2v) is 7.56. The van der Waals surface area contributed by atoms with E-state index in [2.05, 4.69) is 15.0 Å². The number of thiophene rings is 1. The van der Waals surface area contributed by atoms with Crippen LogP contribution in [0, 0.1) is 11.6 Å². The normalized spacial score (nSPS) is 11.3. The van der Waals surface area contributed by atoms with E-state index >= 15 is 0 Å². The largest absolute Gasteiger partial charge is 0.366 e. The molecule has 0 saturated heterocycles. The Kier molecular flexibility index (Phi) is 4.95. The van der Waals surface area contributed by atoms with Crippen molar-refractivity contribution in [2.75, 3.05) is 10.0 Å². The fourth-order valence-corrected chi connectivity index (χ4v) is 3.67. The number of rotatable bonds is 6. The van der Waals surface area contributed by atoms with Crippen molar-refractivity contribution in [3.8, 4) is 0 Å². The van der Waals surface area contributed by atoms with E-state index in [9.17, 15) is 17.2 Å². The molecule has 9 heteroatoms. The van der Waals surface area contributed by atoms with E-state index in [1.54, 1.807) is 11.3 Å².